The maximum absolute atomic E-state index is 12.8. The Morgan fingerprint density at radius 1 is 1.11 bits per heavy atom. The first-order chi connectivity index (χ1) is 12.6. The first-order valence-corrected chi connectivity index (χ1v) is 9.76. The highest BCUT2D eigenvalue weighted by Gasteiger charge is 2.28. The van der Waals surface area contributed by atoms with Crippen LogP contribution in [-0.2, 0) is 15.0 Å². The van der Waals surface area contributed by atoms with Crippen LogP contribution in [0.15, 0.2) is 42.5 Å². The summed E-state index contributed by atoms with van der Waals surface area (Å²) < 4.78 is 33.0. The Hall–Kier alpha value is -2.58. The number of carbonyl (C=O) groups is 1. The van der Waals surface area contributed by atoms with Gasteiger partial charge in [0.2, 0.25) is 5.91 Å². The summed E-state index contributed by atoms with van der Waals surface area (Å²) in [5.41, 5.74) is 2.68. The number of nitrogens with zero attached hydrogens (tertiary/aromatic N) is 2. The van der Waals surface area contributed by atoms with Gasteiger partial charge in [0, 0.05) is 25.8 Å². The predicted octanol–water partition coefficient (Wildman–Crippen LogP) is 2.56. The van der Waals surface area contributed by atoms with Crippen molar-refractivity contribution >= 4 is 27.5 Å². The van der Waals surface area contributed by atoms with Gasteiger partial charge in [-0.15, -0.1) is 0 Å². The number of rotatable bonds is 7. The van der Waals surface area contributed by atoms with Crippen LogP contribution in [-0.4, -0.2) is 46.4 Å². The molecule has 0 aliphatic rings. The second-order valence-corrected chi connectivity index (χ2v) is 8.43. The Morgan fingerprint density at radius 3 is 2.44 bits per heavy atom. The number of amides is 1. The van der Waals surface area contributed by atoms with Crippen LogP contribution in [0.4, 0.5) is 11.4 Å². The first kappa shape index (κ1) is 20.7. The van der Waals surface area contributed by atoms with Crippen LogP contribution < -0.4 is 14.4 Å². The molecule has 0 unspecified atom stereocenters. The second-order valence-electron chi connectivity index (χ2n) is 6.37. The van der Waals surface area contributed by atoms with Gasteiger partial charge in [-0.3, -0.25) is 4.79 Å². The van der Waals surface area contributed by atoms with E-state index in [0.717, 1.165) is 19.7 Å². The maximum Gasteiger partial charge on any atom is 0.304 e. The van der Waals surface area contributed by atoms with E-state index >= 15 is 0 Å². The van der Waals surface area contributed by atoms with E-state index in [4.69, 9.17) is 4.74 Å². The minimum Gasteiger partial charge on any atom is -0.497 e. The van der Waals surface area contributed by atoms with E-state index in [1.807, 2.05) is 26.0 Å². The number of carbonyl (C=O) groups excluding carboxylic acids is 1. The van der Waals surface area contributed by atoms with Crippen LogP contribution >= 0.6 is 0 Å². The van der Waals surface area contributed by atoms with Crippen molar-refractivity contribution in [3.8, 4) is 5.75 Å². The molecule has 0 radical (unpaired) electrons. The van der Waals surface area contributed by atoms with Crippen LogP contribution in [0.5, 0.6) is 5.75 Å². The average molecular weight is 391 g/mol. The monoisotopic (exact) mass is 391 g/mol. The van der Waals surface area contributed by atoms with Gasteiger partial charge in [-0.1, -0.05) is 18.2 Å². The van der Waals surface area contributed by atoms with Gasteiger partial charge in [0.05, 0.1) is 12.8 Å². The van der Waals surface area contributed by atoms with E-state index in [-0.39, 0.29) is 6.54 Å². The zero-order chi connectivity index (χ0) is 20.2. The number of ether oxygens (including phenoxy) is 1. The largest absolute Gasteiger partial charge is 0.497 e. The zero-order valence-corrected chi connectivity index (χ0v) is 17.0. The van der Waals surface area contributed by atoms with E-state index in [9.17, 15) is 13.2 Å². The van der Waals surface area contributed by atoms with E-state index in [2.05, 4.69) is 5.32 Å². The molecule has 1 amide bonds. The van der Waals surface area contributed by atoms with Crippen molar-refractivity contribution in [3.05, 3.63) is 53.6 Å². The molecule has 0 heterocycles. The fraction of sp³-hybridized carbons (Fsp3) is 0.316. The van der Waals surface area contributed by atoms with Gasteiger partial charge in [-0.05, 0) is 43.2 Å². The molecule has 7 nitrogen and oxygen atoms in total. The van der Waals surface area contributed by atoms with Gasteiger partial charge in [-0.25, -0.2) is 4.31 Å². The van der Waals surface area contributed by atoms with Crippen LogP contribution in [0.3, 0.4) is 0 Å². The van der Waals surface area contributed by atoms with Gasteiger partial charge in [0.25, 0.3) is 0 Å². The van der Waals surface area contributed by atoms with E-state index in [1.54, 1.807) is 30.3 Å². The first-order valence-electron chi connectivity index (χ1n) is 8.36. The summed E-state index contributed by atoms with van der Waals surface area (Å²) in [5.74, 6) is 0.148. The normalized spacial score (nSPS) is 11.3. The molecule has 146 valence electrons. The van der Waals surface area contributed by atoms with Crippen molar-refractivity contribution in [1.29, 1.82) is 0 Å². The van der Waals surface area contributed by atoms with Crippen molar-refractivity contribution in [2.24, 2.45) is 0 Å². The Kier molecular flexibility index (Phi) is 6.45. The van der Waals surface area contributed by atoms with Crippen LogP contribution in [0, 0.1) is 13.8 Å². The van der Waals surface area contributed by atoms with Gasteiger partial charge in [0.15, 0.2) is 0 Å². The molecule has 27 heavy (non-hydrogen) atoms. The molecule has 0 saturated carbocycles. The summed E-state index contributed by atoms with van der Waals surface area (Å²) in [5, 5.41) is 2.72. The summed E-state index contributed by atoms with van der Waals surface area (Å²) in [6, 6.07) is 12.4. The predicted molar refractivity (Wildman–Crippen MR) is 107 cm³/mol. The van der Waals surface area contributed by atoms with Gasteiger partial charge in [-0.2, -0.15) is 12.7 Å². The van der Waals surface area contributed by atoms with Crippen molar-refractivity contribution in [1.82, 2.24) is 4.31 Å². The molecular formula is C19H25N3O4S. The Morgan fingerprint density at radius 2 is 1.81 bits per heavy atom. The van der Waals surface area contributed by atoms with E-state index < -0.39 is 16.1 Å². The Labute approximate surface area is 160 Å². The fourth-order valence-electron chi connectivity index (χ4n) is 2.51. The molecule has 1 N–H and O–H groups in total. The van der Waals surface area contributed by atoms with Crippen molar-refractivity contribution in [3.63, 3.8) is 0 Å². The smallest absolute Gasteiger partial charge is 0.304 e. The van der Waals surface area contributed by atoms with Gasteiger partial charge >= 0.3 is 10.2 Å². The molecule has 0 aliphatic carbocycles. The van der Waals surface area contributed by atoms with Crippen LogP contribution in [0.1, 0.15) is 11.1 Å². The minimum atomic E-state index is -3.85. The van der Waals surface area contributed by atoms with Gasteiger partial charge in [0.1, 0.15) is 12.3 Å². The highest BCUT2D eigenvalue weighted by atomic mass is 32.2. The molecular weight excluding hydrogens is 366 g/mol. The molecule has 8 heteroatoms. The molecule has 0 aromatic heterocycles. The van der Waals surface area contributed by atoms with E-state index in [0.29, 0.717) is 17.1 Å². The summed E-state index contributed by atoms with van der Waals surface area (Å²) in [7, 11) is 0.560. The lowest BCUT2D eigenvalue weighted by atomic mass is 10.1. The molecule has 2 aromatic rings. The lowest BCUT2D eigenvalue weighted by Crippen LogP contribution is -2.44. The SMILES string of the molecule is COc1cccc(NC(=O)CN(c2cc(C)ccc2C)S(=O)(=O)N(C)C)c1. The highest BCUT2D eigenvalue weighted by molar-refractivity contribution is 7.90. The summed E-state index contributed by atoms with van der Waals surface area (Å²) in [6.45, 7) is 3.34. The van der Waals surface area contributed by atoms with Crippen molar-refractivity contribution < 1.29 is 17.9 Å². The molecule has 0 saturated heterocycles. The third-order valence-corrected chi connectivity index (χ3v) is 5.82. The molecule has 0 atom stereocenters. The average Bonchev–Trinajstić information content (AvgIpc) is 2.61. The molecule has 2 aromatic carbocycles. The maximum atomic E-state index is 12.8. The molecule has 0 fully saturated rings. The van der Waals surface area contributed by atoms with Gasteiger partial charge < -0.3 is 10.1 Å². The standard InChI is InChI=1S/C19H25N3O4S/c1-14-9-10-15(2)18(11-14)22(27(24,25)21(3)4)13-19(23)20-16-7-6-8-17(12-16)26-5/h6-12H,13H2,1-5H3,(H,20,23). The quantitative estimate of drug-likeness (QED) is 0.787. The number of aryl methyl sites for hydroxylation is 2. The number of anilines is 2. The number of hydrogen-bond donors (Lipinski definition) is 1. The van der Waals surface area contributed by atoms with Crippen LogP contribution in [0.2, 0.25) is 0 Å². The Bertz CT molecular complexity index is 926. The molecule has 0 aliphatic heterocycles. The third-order valence-electron chi connectivity index (χ3n) is 4.01. The third kappa shape index (κ3) is 4.99. The zero-order valence-electron chi connectivity index (χ0n) is 16.2. The summed E-state index contributed by atoms with van der Waals surface area (Å²) in [4.78, 5) is 12.6. The number of benzene rings is 2. The summed E-state index contributed by atoms with van der Waals surface area (Å²) in [6.07, 6.45) is 0. The molecule has 0 spiro atoms. The minimum absolute atomic E-state index is 0.345. The van der Waals surface area contributed by atoms with Crippen LogP contribution in [0.25, 0.3) is 0 Å². The van der Waals surface area contributed by atoms with Crippen molar-refractivity contribution in [2.45, 2.75) is 13.8 Å². The van der Waals surface area contributed by atoms with E-state index in [1.165, 1.54) is 21.2 Å². The number of hydrogen-bond acceptors (Lipinski definition) is 4. The number of methoxy groups -OCH3 is 1. The fourth-order valence-corrected chi connectivity index (χ4v) is 3.63. The lowest BCUT2D eigenvalue weighted by Gasteiger charge is -2.28. The second kappa shape index (κ2) is 8.41. The molecule has 0 bridgehead atoms. The topological polar surface area (TPSA) is 79.0 Å². The summed E-state index contributed by atoms with van der Waals surface area (Å²) >= 11 is 0. The molecule has 2 rings (SSSR count). The Balaban J connectivity index is 2.34. The lowest BCUT2D eigenvalue weighted by molar-refractivity contribution is -0.114. The van der Waals surface area contributed by atoms with Crippen molar-refractivity contribution in [2.75, 3.05) is 37.4 Å². The highest BCUT2D eigenvalue weighted by Crippen LogP contribution is 2.25. The number of nitrogens with one attached hydrogen (secondary N) is 1.